The van der Waals surface area contributed by atoms with Gasteiger partial charge >= 0.3 is 0 Å². The van der Waals surface area contributed by atoms with Gasteiger partial charge in [-0.15, -0.1) is 0 Å². The number of aromatic nitrogens is 4. The van der Waals surface area contributed by atoms with Gasteiger partial charge in [-0.05, 0) is 45.0 Å². The van der Waals surface area contributed by atoms with E-state index in [1.165, 1.54) is 5.69 Å². The maximum Gasteiger partial charge on any atom is 0.269 e. The second-order valence-electron chi connectivity index (χ2n) is 8.11. The van der Waals surface area contributed by atoms with Crippen LogP contribution >= 0.6 is 0 Å². The number of piperazine rings is 1. The number of benzene rings is 1. The lowest BCUT2D eigenvalue weighted by atomic mass is 10.1. The van der Waals surface area contributed by atoms with E-state index in [9.17, 15) is 4.79 Å². The summed E-state index contributed by atoms with van der Waals surface area (Å²) in [5.41, 5.74) is 5.45. The summed E-state index contributed by atoms with van der Waals surface area (Å²) in [7, 11) is 1.91. The molecule has 0 aliphatic carbocycles. The standard InChI is InChI=1S/C23H31N7O/c1-17-22(18(2)28(3)27-17)20-16-21(26-25-20)23(31)24-10-7-11-29-12-14-30(15-13-29)19-8-5-4-6-9-19/h4-6,8-9,16H,7,10-15H2,1-3H3,(H,24,31)(H,25,26). The van der Waals surface area contributed by atoms with Crippen LogP contribution < -0.4 is 10.2 Å². The van der Waals surface area contributed by atoms with Gasteiger partial charge in [0.05, 0.1) is 11.4 Å². The van der Waals surface area contributed by atoms with Crippen LogP contribution in [0.4, 0.5) is 5.69 Å². The van der Waals surface area contributed by atoms with Crippen LogP contribution in [0.2, 0.25) is 0 Å². The Kier molecular flexibility index (Phi) is 6.36. The van der Waals surface area contributed by atoms with Gasteiger partial charge in [-0.2, -0.15) is 10.2 Å². The van der Waals surface area contributed by atoms with Gasteiger partial charge in [0, 0.05) is 56.7 Å². The normalized spacial score (nSPS) is 14.7. The number of hydrogen-bond acceptors (Lipinski definition) is 5. The van der Waals surface area contributed by atoms with Crippen LogP contribution in [0.1, 0.15) is 28.3 Å². The van der Waals surface area contributed by atoms with Crippen LogP contribution in [-0.4, -0.2) is 70.1 Å². The fraction of sp³-hybridized carbons (Fsp3) is 0.435. The molecule has 1 aromatic carbocycles. The molecule has 4 rings (SSSR count). The Morgan fingerprint density at radius 3 is 2.55 bits per heavy atom. The van der Waals surface area contributed by atoms with E-state index in [0.717, 1.165) is 61.8 Å². The van der Waals surface area contributed by atoms with Gasteiger partial charge in [0.15, 0.2) is 0 Å². The molecule has 0 saturated carbocycles. The van der Waals surface area contributed by atoms with Crippen LogP contribution in [0.15, 0.2) is 36.4 Å². The van der Waals surface area contributed by atoms with Crippen molar-refractivity contribution in [2.24, 2.45) is 7.05 Å². The van der Waals surface area contributed by atoms with Gasteiger partial charge in [-0.3, -0.25) is 19.5 Å². The minimum absolute atomic E-state index is 0.119. The third-order valence-corrected chi connectivity index (χ3v) is 6.02. The molecule has 1 saturated heterocycles. The van der Waals surface area contributed by atoms with E-state index in [4.69, 9.17) is 0 Å². The summed E-state index contributed by atoms with van der Waals surface area (Å²) < 4.78 is 1.83. The predicted molar refractivity (Wildman–Crippen MR) is 122 cm³/mol. The second-order valence-corrected chi connectivity index (χ2v) is 8.11. The van der Waals surface area contributed by atoms with E-state index >= 15 is 0 Å². The Labute approximate surface area is 183 Å². The number of amides is 1. The smallest absolute Gasteiger partial charge is 0.269 e. The van der Waals surface area contributed by atoms with Gasteiger partial charge in [-0.25, -0.2) is 0 Å². The molecule has 0 atom stereocenters. The Bertz CT molecular complexity index is 1020. The highest BCUT2D eigenvalue weighted by Gasteiger charge is 2.18. The highest BCUT2D eigenvalue weighted by Crippen LogP contribution is 2.25. The van der Waals surface area contributed by atoms with Crippen molar-refractivity contribution in [3.05, 3.63) is 53.5 Å². The maximum atomic E-state index is 12.5. The first-order chi connectivity index (χ1) is 15.0. The fourth-order valence-electron chi connectivity index (χ4n) is 4.18. The first kappa shape index (κ1) is 21.1. The summed E-state index contributed by atoms with van der Waals surface area (Å²) in [5.74, 6) is -0.119. The largest absolute Gasteiger partial charge is 0.369 e. The molecule has 0 unspecified atom stereocenters. The number of nitrogens with zero attached hydrogens (tertiary/aromatic N) is 5. The number of anilines is 1. The van der Waals surface area contributed by atoms with Crippen molar-refractivity contribution < 1.29 is 4.79 Å². The van der Waals surface area contributed by atoms with Crippen molar-refractivity contribution in [3.8, 4) is 11.3 Å². The average molecular weight is 422 g/mol. The van der Waals surface area contributed by atoms with Gasteiger partial charge < -0.3 is 10.2 Å². The molecule has 1 fully saturated rings. The summed E-state index contributed by atoms with van der Waals surface area (Å²) in [6, 6.07) is 12.4. The molecular formula is C23H31N7O. The van der Waals surface area contributed by atoms with Crippen molar-refractivity contribution in [3.63, 3.8) is 0 Å². The number of carbonyl (C=O) groups is 1. The Morgan fingerprint density at radius 1 is 1.13 bits per heavy atom. The maximum absolute atomic E-state index is 12.5. The molecule has 164 valence electrons. The molecule has 1 amide bonds. The number of carbonyl (C=O) groups excluding carboxylic acids is 1. The number of aromatic amines is 1. The summed E-state index contributed by atoms with van der Waals surface area (Å²) >= 11 is 0. The predicted octanol–water partition coefficient (Wildman–Crippen LogP) is 2.37. The third kappa shape index (κ3) is 4.80. The number of H-pyrrole nitrogens is 1. The number of para-hydroxylation sites is 1. The summed E-state index contributed by atoms with van der Waals surface area (Å²) in [5, 5.41) is 14.6. The van der Waals surface area contributed by atoms with Crippen LogP contribution in [0, 0.1) is 13.8 Å². The van der Waals surface area contributed by atoms with E-state index in [0.29, 0.717) is 12.2 Å². The molecule has 0 spiro atoms. The third-order valence-electron chi connectivity index (χ3n) is 6.02. The molecule has 8 nitrogen and oxygen atoms in total. The molecule has 0 radical (unpaired) electrons. The highest BCUT2D eigenvalue weighted by atomic mass is 16.1. The second kappa shape index (κ2) is 9.34. The number of hydrogen-bond donors (Lipinski definition) is 2. The number of nitrogens with one attached hydrogen (secondary N) is 2. The molecule has 0 bridgehead atoms. The summed E-state index contributed by atoms with van der Waals surface area (Å²) in [6.07, 6.45) is 0.929. The Morgan fingerprint density at radius 2 is 1.87 bits per heavy atom. The minimum Gasteiger partial charge on any atom is -0.369 e. The van der Waals surface area contributed by atoms with Crippen LogP contribution in [-0.2, 0) is 7.05 Å². The average Bonchev–Trinajstić information content (AvgIpc) is 3.36. The molecule has 31 heavy (non-hydrogen) atoms. The van der Waals surface area contributed by atoms with E-state index in [2.05, 4.69) is 60.7 Å². The molecule has 3 heterocycles. The zero-order valence-corrected chi connectivity index (χ0v) is 18.6. The van der Waals surface area contributed by atoms with Crippen LogP contribution in [0.5, 0.6) is 0 Å². The Balaban J connectivity index is 1.20. The molecule has 1 aliphatic rings. The SMILES string of the molecule is Cc1nn(C)c(C)c1-c1cc(C(=O)NCCCN2CCN(c3ccccc3)CC2)[nH]n1. The quantitative estimate of drug-likeness (QED) is 0.573. The molecule has 8 heteroatoms. The Hall–Kier alpha value is -3.13. The van der Waals surface area contributed by atoms with Crippen molar-refractivity contribution in [1.29, 1.82) is 0 Å². The van der Waals surface area contributed by atoms with Gasteiger partial charge in [-0.1, -0.05) is 18.2 Å². The minimum atomic E-state index is -0.119. The van der Waals surface area contributed by atoms with Gasteiger partial charge in [0.2, 0.25) is 0 Å². The molecule has 3 aromatic rings. The zero-order chi connectivity index (χ0) is 21.8. The monoisotopic (exact) mass is 421 g/mol. The molecule has 1 aliphatic heterocycles. The zero-order valence-electron chi connectivity index (χ0n) is 18.6. The summed E-state index contributed by atoms with van der Waals surface area (Å²) in [4.78, 5) is 17.4. The van der Waals surface area contributed by atoms with E-state index in [-0.39, 0.29) is 5.91 Å². The number of aryl methyl sites for hydroxylation is 2. The first-order valence-electron chi connectivity index (χ1n) is 10.9. The van der Waals surface area contributed by atoms with E-state index in [1.54, 1.807) is 6.07 Å². The van der Waals surface area contributed by atoms with Gasteiger partial charge in [0.25, 0.3) is 5.91 Å². The first-order valence-corrected chi connectivity index (χ1v) is 10.9. The summed E-state index contributed by atoms with van der Waals surface area (Å²) in [6.45, 7) is 9.79. The van der Waals surface area contributed by atoms with E-state index < -0.39 is 0 Å². The van der Waals surface area contributed by atoms with E-state index in [1.807, 2.05) is 25.6 Å². The molecule has 2 N–H and O–H groups in total. The van der Waals surface area contributed by atoms with Crippen molar-refractivity contribution in [1.82, 2.24) is 30.2 Å². The lowest BCUT2D eigenvalue weighted by Gasteiger charge is -2.36. The van der Waals surface area contributed by atoms with Gasteiger partial charge in [0.1, 0.15) is 5.69 Å². The van der Waals surface area contributed by atoms with Crippen LogP contribution in [0.25, 0.3) is 11.3 Å². The topological polar surface area (TPSA) is 82.1 Å². The highest BCUT2D eigenvalue weighted by molar-refractivity contribution is 5.93. The fourth-order valence-corrected chi connectivity index (χ4v) is 4.18. The molecular weight excluding hydrogens is 390 g/mol. The molecule has 2 aromatic heterocycles. The lowest BCUT2D eigenvalue weighted by molar-refractivity contribution is 0.0946. The lowest BCUT2D eigenvalue weighted by Crippen LogP contribution is -2.47. The number of rotatable bonds is 7. The van der Waals surface area contributed by atoms with Crippen LogP contribution in [0.3, 0.4) is 0 Å². The van der Waals surface area contributed by atoms with Crippen molar-refractivity contribution in [2.45, 2.75) is 20.3 Å². The van der Waals surface area contributed by atoms with Crippen molar-refractivity contribution >= 4 is 11.6 Å². The van der Waals surface area contributed by atoms with Crippen molar-refractivity contribution in [2.75, 3.05) is 44.2 Å².